The van der Waals surface area contributed by atoms with Crippen LogP contribution in [0.1, 0.15) is 26.1 Å². The van der Waals surface area contributed by atoms with E-state index in [0.29, 0.717) is 19.4 Å². The van der Waals surface area contributed by atoms with Crippen molar-refractivity contribution in [3.8, 4) is 0 Å². The Morgan fingerprint density at radius 3 is 2.93 bits per heavy atom. The van der Waals surface area contributed by atoms with Gasteiger partial charge < -0.3 is 10.8 Å². The van der Waals surface area contributed by atoms with Crippen molar-refractivity contribution in [2.45, 2.75) is 38.8 Å². The van der Waals surface area contributed by atoms with E-state index in [1.54, 1.807) is 11.6 Å². The fourth-order valence-electron chi connectivity index (χ4n) is 1.43. The molecule has 14 heavy (non-hydrogen) atoms. The quantitative estimate of drug-likeness (QED) is 0.695. The minimum atomic E-state index is -0.783. The lowest BCUT2D eigenvalue weighted by molar-refractivity contribution is 0.0507. The smallest absolute Gasteiger partial charge is 0.138 e. The van der Waals surface area contributed by atoms with Gasteiger partial charge in [0.05, 0.1) is 5.60 Å². The normalized spacial score (nSPS) is 15.4. The van der Waals surface area contributed by atoms with E-state index in [-0.39, 0.29) is 0 Å². The van der Waals surface area contributed by atoms with Crippen molar-refractivity contribution in [3.63, 3.8) is 0 Å². The maximum Gasteiger partial charge on any atom is 0.138 e. The summed E-state index contributed by atoms with van der Waals surface area (Å²) in [5, 5.41) is 14.0. The van der Waals surface area contributed by atoms with Crippen molar-refractivity contribution in [1.29, 1.82) is 0 Å². The second-order valence-corrected chi connectivity index (χ2v) is 3.70. The lowest BCUT2D eigenvalue weighted by atomic mass is 9.98. The predicted molar refractivity (Wildman–Crippen MR) is 53.7 cm³/mol. The van der Waals surface area contributed by atoms with Gasteiger partial charge in [0.1, 0.15) is 12.2 Å². The van der Waals surface area contributed by atoms with Crippen LogP contribution in [0.4, 0.5) is 0 Å². The molecule has 0 fully saturated rings. The van der Waals surface area contributed by atoms with Crippen LogP contribution in [0.5, 0.6) is 0 Å². The van der Waals surface area contributed by atoms with E-state index in [2.05, 4.69) is 10.1 Å². The maximum absolute atomic E-state index is 9.95. The number of hydrogen-bond donors (Lipinski definition) is 2. The highest BCUT2D eigenvalue weighted by Crippen LogP contribution is 2.14. The van der Waals surface area contributed by atoms with Crippen LogP contribution in [0.25, 0.3) is 0 Å². The third-order valence-electron chi connectivity index (χ3n) is 2.22. The van der Waals surface area contributed by atoms with Crippen LogP contribution in [-0.2, 0) is 13.0 Å². The van der Waals surface area contributed by atoms with Gasteiger partial charge in [-0.3, -0.25) is 4.68 Å². The Hall–Kier alpha value is -0.940. The van der Waals surface area contributed by atoms with Crippen LogP contribution in [0.2, 0.25) is 0 Å². The number of aliphatic hydroxyl groups is 1. The molecule has 0 radical (unpaired) electrons. The van der Waals surface area contributed by atoms with Crippen molar-refractivity contribution >= 4 is 0 Å². The van der Waals surface area contributed by atoms with E-state index in [0.717, 1.165) is 12.4 Å². The zero-order valence-corrected chi connectivity index (χ0v) is 8.77. The molecule has 1 heterocycles. The van der Waals surface area contributed by atoms with Crippen LogP contribution < -0.4 is 5.73 Å². The third kappa shape index (κ3) is 2.78. The van der Waals surface area contributed by atoms with Crippen molar-refractivity contribution in [1.82, 2.24) is 14.8 Å². The van der Waals surface area contributed by atoms with E-state index in [1.165, 1.54) is 6.33 Å². The first-order chi connectivity index (χ1) is 6.59. The summed E-state index contributed by atoms with van der Waals surface area (Å²) in [7, 11) is 0. The lowest BCUT2D eigenvalue weighted by Crippen LogP contribution is -2.31. The summed E-state index contributed by atoms with van der Waals surface area (Å²) < 4.78 is 1.78. The number of rotatable bonds is 5. The van der Waals surface area contributed by atoms with E-state index < -0.39 is 5.60 Å². The van der Waals surface area contributed by atoms with Gasteiger partial charge in [-0.25, -0.2) is 4.98 Å². The predicted octanol–water partition coefficient (Wildman–Crippen LogP) is -0.0597. The molecule has 1 aromatic rings. The lowest BCUT2D eigenvalue weighted by Gasteiger charge is -2.21. The van der Waals surface area contributed by atoms with Gasteiger partial charge in [0.2, 0.25) is 0 Å². The first kappa shape index (κ1) is 11.1. The number of nitrogens with two attached hydrogens (primary N) is 1. The molecule has 80 valence electrons. The standard InChI is InChI=1S/C9H18N4O/c1-3-13-8(11-7-12-13)6-9(2,14)4-5-10/h7,14H,3-6,10H2,1-2H3. The summed E-state index contributed by atoms with van der Waals surface area (Å²) in [6, 6.07) is 0. The minimum Gasteiger partial charge on any atom is -0.390 e. The van der Waals surface area contributed by atoms with Gasteiger partial charge in [0.15, 0.2) is 0 Å². The van der Waals surface area contributed by atoms with Gasteiger partial charge in [-0.15, -0.1) is 0 Å². The summed E-state index contributed by atoms with van der Waals surface area (Å²) in [6.07, 6.45) is 2.58. The van der Waals surface area contributed by atoms with Crippen LogP contribution in [0, 0.1) is 0 Å². The molecule has 0 aliphatic carbocycles. The largest absolute Gasteiger partial charge is 0.390 e. The second kappa shape index (κ2) is 4.52. The first-order valence-electron chi connectivity index (χ1n) is 4.88. The molecule has 3 N–H and O–H groups in total. The highest BCUT2D eigenvalue weighted by molar-refractivity contribution is 4.92. The van der Waals surface area contributed by atoms with E-state index in [1.807, 2.05) is 6.92 Å². The third-order valence-corrected chi connectivity index (χ3v) is 2.22. The summed E-state index contributed by atoms with van der Waals surface area (Å²) >= 11 is 0. The Labute approximate surface area is 83.9 Å². The van der Waals surface area contributed by atoms with Gasteiger partial charge in [-0.1, -0.05) is 0 Å². The molecule has 0 spiro atoms. The molecule has 0 amide bonds. The molecule has 1 aromatic heterocycles. The zero-order chi connectivity index (χ0) is 10.6. The fraction of sp³-hybridized carbons (Fsp3) is 0.778. The summed E-state index contributed by atoms with van der Waals surface area (Å²) in [5.74, 6) is 0.811. The molecular formula is C9H18N4O. The molecular weight excluding hydrogens is 180 g/mol. The Balaban J connectivity index is 2.67. The molecule has 0 aliphatic rings. The maximum atomic E-state index is 9.95. The monoisotopic (exact) mass is 198 g/mol. The van der Waals surface area contributed by atoms with E-state index >= 15 is 0 Å². The van der Waals surface area contributed by atoms with Crippen LogP contribution in [0.15, 0.2) is 6.33 Å². The molecule has 0 bridgehead atoms. The van der Waals surface area contributed by atoms with Crippen molar-refractivity contribution in [2.75, 3.05) is 6.54 Å². The van der Waals surface area contributed by atoms with Crippen LogP contribution in [0.3, 0.4) is 0 Å². The Morgan fingerprint density at radius 2 is 2.36 bits per heavy atom. The van der Waals surface area contributed by atoms with Gasteiger partial charge in [-0.05, 0) is 26.8 Å². The summed E-state index contributed by atoms with van der Waals surface area (Å²) in [5.41, 5.74) is 4.63. The van der Waals surface area contributed by atoms with Gasteiger partial charge in [0, 0.05) is 13.0 Å². The fourth-order valence-corrected chi connectivity index (χ4v) is 1.43. The molecule has 1 atom stereocenters. The number of nitrogens with zero attached hydrogens (tertiary/aromatic N) is 3. The Morgan fingerprint density at radius 1 is 1.64 bits per heavy atom. The molecule has 0 aromatic carbocycles. The van der Waals surface area contributed by atoms with Gasteiger partial charge in [-0.2, -0.15) is 5.10 Å². The Kier molecular flexibility index (Phi) is 3.60. The highest BCUT2D eigenvalue weighted by atomic mass is 16.3. The Bertz CT molecular complexity index is 282. The average molecular weight is 198 g/mol. The van der Waals surface area contributed by atoms with Crippen molar-refractivity contribution in [3.05, 3.63) is 12.2 Å². The molecule has 0 aliphatic heterocycles. The molecule has 1 unspecified atom stereocenters. The molecule has 0 saturated carbocycles. The first-order valence-corrected chi connectivity index (χ1v) is 4.88. The van der Waals surface area contributed by atoms with E-state index in [4.69, 9.17) is 5.73 Å². The highest BCUT2D eigenvalue weighted by Gasteiger charge is 2.22. The minimum absolute atomic E-state index is 0.479. The van der Waals surface area contributed by atoms with Gasteiger partial charge in [0.25, 0.3) is 0 Å². The zero-order valence-electron chi connectivity index (χ0n) is 8.77. The van der Waals surface area contributed by atoms with E-state index in [9.17, 15) is 5.11 Å². The van der Waals surface area contributed by atoms with Gasteiger partial charge >= 0.3 is 0 Å². The van der Waals surface area contributed by atoms with Crippen molar-refractivity contribution in [2.24, 2.45) is 5.73 Å². The summed E-state index contributed by atoms with van der Waals surface area (Å²) in [6.45, 7) is 5.02. The topological polar surface area (TPSA) is 77.0 Å². The molecule has 1 rings (SSSR count). The van der Waals surface area contributed by atoms with Crippen LogP contribution >= 0.6 is 0 Å². The van der Waals surface area contributed by atoms with Crippen molar-refractivity contribution < 1.29 is 5.11 Å². The molecule has 0 saturated heterocycles. The second-order valence-electron chi connectivity index (χ2n) is 3.70. The number of aryl methyl sites for hydroxylation is 1. The van der Waals surface area contributed by atoms with Crippen LogP contribution in [-0.4, -0.2) is 32.0 Å². The SMILES string of the molecule is CCn1ncnc1CC(C)(O)CCN. The number of hydrogen-bond acceptors (Lipinski definition) is 4. The molecule has 5 heteroatoms. The summed E-state index contributed by atoms with van der Waals surface area (Å²) in [4.78, 5) is 4.11. The molecule has 5 nitrogen and oxygen atoms in total. The number of aromatic nitrogens is 3. The average Bonchev–Trinajstić information content (AvgIpc) is 2.50.